The quantitative estimate of drug-likeness (QED) is 0.785. The van der Waals surface area contributed by atoms with E-state index in [1.165, 1.54) is 0 Å². The van der Waals surface area contributed by atoms with Crippen molar-refractivity contribution in [3.63, 3.8) is 0 Å². The molecule has 3 heterocycles. The van der Waals surface area contributed by atoms with Crippen molar-refractivity contribution in [1.82, 2.24) is 20.2 Å². The molecule has 1 saturated heterocycles. The number of aromatic nitrogens is 2. The molecule has 130 valence electrons. The number of hydrogen-bond acceptors (Lipinski definition) is 3. The Morgan fingerprint density at radius 3 is 3.08 bits per heavy atom. The molecule has 0 saturated carbocycles. The number of benzene rings is 1. The topological polar surface area (TPSA) is 90.1 Å². The third-order valence-electron chi connectivity index (χ3n) is 4.88. The Labute approximate surface area is 145 Å². The number of imidazole rings is 1. The third-order valence-corrected chi connectivity index (χ3v) is 4.88. The van der Waals surface area contributed by atoms with Gasteiger partial charge < -0.3 is 20.5 Å². The molecule has 1 aromatic heterocycles. The van der Waals surface area contributed by atoms with Crippen molar-refractivity contribution in [2.75, 3.05) is 18.4 Å². The first-order valence-electron chi connectivity index (χ1n) is 8.70. The molecule has 0 aliphatic carbocycles. The van der Waals surface area contributed by atoms with Gasteiger partial charge in [0.25, 0.3) is 5.91 Å². The highest BCUT2D eigenvalue weighted by atomic mass is 16.2. The van der Waals surface area contributed by atoms with Crippen LogP contribution in [0.4, 0.5) is 10.5 Å². The first-order chi connectivity index (χ1) is 12.2. The lowest BCUT2D eigenvalue weighted by atomic mass is 9.99. The van der Waals surface area contributed by atoms with Crippen LogP contribution in [0.1, 0.15) is 47.1 Å². The second kappa shape index (κ2) is 6.58. The fourth-order valence-electron chi connectivity index (χ4n) is 3.60. The fraction of sp³-hybridized carbons (Fsp3) is 0.389. The number of likely N-dealkylation sites (tertiary alicyclic amines) is 1. The van der Waals surface area contributed by atoms with Gasteiger partial charge in [0.1, 0.15) is 5.82 Å². The summed E-state index contributed by atoms with van der Waals surface area (Å²) in [6.07, 6.45) is 7.27. The molecule has 1 aromatic carbocycles. The van der Waals surface area contributed by atoms with Crippen molar-refractivity contribution in [2.24, 2.45) is 0 Å². The average molecular weight is 339 g/mol. The van der Waals surface area contributed by atoms with Crippen LogP contribution in [-0.4, -0.2) is 39.9 Å². The van der Waals surface area contributed by atoms with Crippen LogP contribution in [-0.2, 0) is 6.42 Å². The predicted octanol–water partition coefficient (Wildman–Crippen LogP) is 2.45. The molecule has 3 amide bonds. The molecule has 7 heteroatoms. The van der Waals surface area contributed by atoms with Crippen molar-refractivity contribution in [3.05, 3.63) is 47.5 Å². The number of urea groups is 1. The van der Waals surface area contributed by atoms with E-state index in [2.05, 4.69) is 20.6 Å². The van der Waals surface area contributed by atoms with Crippen molar-refractivity contribution >= 4 is 17.6 Å². The zero-order valence-corrected chi connectivity index (χ0v) is 13.9. The standard InChI is InChI=1S/C18H21N5O2/c24-17-14-11-13(5-4-12(14)6-7-21-17)22-18(25)23-10-2-1-3-15(23)16-19-8-9-20-16/h4-5,8-9,11,15H,1-3,6-7,10H2,(H,19,20)(H,21,24)(H,22,25)/t15-/m1/s1. The van der Waals surface area contributed by atoms with E-state index in [4.69, 9.17) is 0 Å². The molecule has 4 rings (SSSR count). The molecule has 25 heavy (non-hydrogen) atoms. The number of hydrogen-bond donors (Lipinski definition) is 3. The number of fused-ring (bicyclic) bond motifs is 1. The summed E-state index contributed by atoms with van der Waals surface area (Å²) in [5.41, 5.74) is 2.31. The van der Waals surface area contributed by atoms with Crippen LogP contribution in [0, 0.1) is 0 Å². The molecule has 2 aromatic rings. The minimum atomic E-state index is -0.155. The first kappa shape index (κ1) is 15.7. The number of amides is 3. The molecule has 0 spiro atoms. The smallest absolute Gasteiger partial charge is 0.322 e. The number of nitrogens with one attached hydrogen (secondary N) is 3. The van der Waals surface area contributed by atoms with E-state index in [0.29, 0.717) is 24.3 Å². The monoisotopic (exact) mass is 339 g/mol. The van der Waals surface area contributed by atoms with E-state index in [-0.39, 0.29) is 18.0 Å². The summed E-state index contributed by atoms with van der Waals surface area (Å²) in [5, 5.41) is 5.77. The maximum Gasteiger partial charge on any atom is 0.322 e. The average Bonchev–Trinajstić information content (AvgIpc) is 3.17. The summed E-state index contributed by atoms with van der Waals surface area (Å²) in [6, 6.07) is 5.35. The summed E-state index contributed by atoms with van der Waals surface area (Å²) in [4.78, 5) is 34.0. The van der Waals surface area contributed by atoms with Gasteiger partial charge in [0, 0.05) is 36.7 Å². The van der Waals surface area contributed by atoms with Gasteiger partial charge in [0.05, 0.1) is 6.04 Å². The van der Waals surface area contributed by atoms with Gasteiger partial charge >= 0.3 is 6.03 Å². The zero-order chi connectivity index (χ0) is 17.2. The maximum atomic E-state index is 12.8. The number of carbonyl (C=O) groups excluding carboxylic acids is 2. The number of H-pyrrole nitrogens is 1. The summed E-state index contributed by atoms with van der Waals surface area (Å²) in [7, 11) is 0. The third kappa shape index (κ3) is 3.09. The first-order valence-corrected chi connectivity index (χ1v) is 8.70. The molecule has 7 nitrogen and oxygen atoms in total. The van der Waals surface area contributed by atoms with E-state index < -0.39 is 0 Å². The van der Waals surface area contributed by atoms with Crippen LogP contribution in [0.3, 0.4) is 0 Å². The highest BCUT2D eigenvalue weighted by Crippen LogP contribution is 2.29. The Hall–Kier alpha value is -2.83. The van der Waals surface area contributed by atoms with E-state index in [1.807, 2.05) is 17.0 Å². The number of piperidine rings is 1. The molecule has 0 unspecified atom stereocenters. The molecule has 1 fully saturated rings. The van der Waals surface area contributed by atoms with E-state index >= 15 is 0 Å². The summed E-state index contributed by atoms with van der Waals surface area (Å²) in [5.74, 6) is 0.739. The predicted molar refractivity (Wildman–Crippen MR) is 93.4 cm³/mol. The minimum absolute atomic E-state index is 0.0373. The lowest BCUT2D eigenvalue weighted by Crippen LogP contribution is -2.41. The van der Waals surface area contributed by atoms with E-state index in [0.717, 1.165) is 37.1 Å². The van der Waals surface area contributed by atoms with Crippen molar-refractivity contribution in [2.45, 2.75) is 31.7 Å². The lowest BCUT2D eigenvalue weighted by Gasteiger charge is -2.34. The van der Waals surface area contributed by atoms with E-state index in [1.54, 1.807) is 18.5 Å². The maximum absolute atomic E-state index is 12.8. The van der Waals surface area contributed by atoms with Crippen LogP contribution in [0.25, 0.3) is 0 Å². The van der Waals surface area contributed by atoms with Gasteiger partial charge in [-0.15, -0.1) is 0 Å². The largest absolute Gasteiger partial charge is 0.352 e. The van der Waals surface area contributed by atoms with Crippen molar-refractivity contribution < 1.29 is 9.59 Å². The van der Waals surface area contributed by atoms with Crippen LogP contribution in [0.2, 0.25) is 0 Å². The van der Waals surface area contributed by atoms with Crippen LogP contribution >= 0.6 is 0 Å². The van der Waals surface area contributed by atoms with Gasteiger partial charge in [-0.05, 0) is 43.4 Å². The van der Waals surface area contributed by atoms with E-state index in [9.17, 15) is 9.59 Å². The Morgan fingerprint density at radius 1 is 1.32 bits per heavy atom. The second-order valence-electron chi connectivity index (χ2n) is 6.49. The molecule has 2 aliphatic heterocycles. The number of aromatic amines is 1. The summed E-state index contributed by atoms with van der Waals surface area (Å²) < 4.78 is 0. The van der Waals surface area contributed by atoms with Gasteiger partial charge in [0.15, 0.2) is 0 Å². The van der Waals surface area contributed by atoms with Gasteiger partial charge in [-0.3, -0.25) is 4.79 Å². The molecule has 0 radical (unpaired) electrons. The summed E-state index contributed by atoms with van der Waals surface area (Å²) >= 11 is 0. The number of anilines is 1. The highest BCUT2D eigenvalue weighted by molar-refractivity contribution is 5.99. The van der Waals surface area contributed by atoms with Gasteiger partial charge in [-0.25, -0.2) is 9.78 Å². The Kier molecular flexibility index (Phi) is 4.13. The van der Waals surface area contributed by atoms with Crippen LogP contribution in [0.5, 0.6) is 0 Å². The zero-order valence-electron chi connectivity index (χ0n) is 13.9. The number of rotatable bonds is 2. The normalized spacial score (nSPS) is 19.9. The van der Waals surface area contributed by atoms with Crippen molar-refractivity contribution in [1.29, 1.82) is 0 Å². The SMILES string of the molecule is O=C1NCCc2ccc(NC(=O)N3CCCC[C@@H]3c3ncc[nH]3)cc21. The molecule has 1 atom stereocenters. The van der Waals surface area contributed by atoms with Crippen LogP contribution in [0.15, 0.2) is 30.6 Å². The molecular formula is C18H21N5O2. The lowest BCUT2D eigenvalue weighted by molar-refractivity contribution is 0.0946. The molecule has 3 N–H and O–H groups in total. The molecule has 2 aliphatic rings. The minimum Gasteiger partial charge on any atom is -0.352 e. The molecular weight excluding hydrogens is 318 g/mol. The van der Waals surface area contributed by atoms with Gasteiger partial charge in [-0.1, -0.05) is 6.07 Å². The number of carbonyl (C=O) groups is 2. The Balaban J connectivity index is 1.53. The summed E-state index contributed by atoms with van der Waals surface area (Å²) in [6.45, 7) is 1.36. The Bertz CT molecular complexity index is 787. The molecule has 0 bridgehead atoms. The highest BCUT2D eigenvalue weighted by Gasteiger charge is 2.30. The Morgan fingerprint density at radius 2 is 2.24 bits per heavy atom. The fourth-order valence-corrected chi connectivity index (χ4v) is 3.60. The van der Waals surface area contributed by atoms with Crippen LogP contribution < -0.4 is 10.6 Å². The van der Waals surface area contributed by atoms with Crippen molar-refractivity contribution in [3.8, 4) is 0 Å². The second-order valence-corrected chi connectivity index (χ2v) is 6.49. The van der Waals surface area contributed by atoms with Gasteiger partial charge in [-0.2, -0.15) is 0 Å². The van der Waals surface area contributed by atoms with Gasteiger partial charge in [0.2, 0.25) is 0 Å². The number of nitrogens with zero attached hydrogens (tertiary/aromatic N) is 2.